The van der Waals surface area contributed by atoms with Crippen LogP contribution in [0.1, 0.15) is 39.5 Å². The summed E-state index contributed by atoms with van der Waals surface area (Å²) in [5.41, 5.74) is -7.42. The van der Waals surface area contributed by atoms with Crippen molar-refractivity contribution in [2.75, 3.05) is 6.61 Å². The molecule has 0 saturated heterocycles. The van der Waals surface area contributed by atoms with Crippen molar-refractivity contribution in [3.05, 3.63) is 23.8 Å². The lowest BCUT2D eigenvalue weighted by molar-refractivity contribution is -0.221. The van der Waals surface area contributed by atoms with E-state index in [4.69, 9.17) is 9.79 Å². The molecule has 0 aliphatic heterocycles. The van der Waals surface area contributed by atoms with E-state index in [1.807, 2.05) is 0 Å². The van der Waals surface area contributed by atoms with Gasteiger partial charge in [0, 0.05) is 16.7 Å². The Morgan fingerprint density at radius 3 is 2.59 bits per heavy atom. The number of hydrogen-bond acceptors (Lipinski definition) is 6. The molecule has 0 aromatic heterocycles. The molecule has 0 spiro atoms. The van der Waals surface area contributed by atoms with Crippen LogP contribution in [0.3, 0.4) is 0 Å². The normalized spacial score (nSPS) is 48.0. The number of fused-ring (bicyclic) bond motifs is 5. The van der Waals surface area contributed by atoms with Gasteiger partial charge in [-0.25, -0.2) is 13.3 Å². The van der Waals surface area contributed by atoms with Gasteiger partial charge in [-0.2, -0.15) is 0 Å². The molecule has 0 heterocycles. The minimum Gasteiger partial charge on any atom is -0.390 e. The Balaban J connectivity index is 1.73. The lowest BCUT2D eigenvalue weighted by Gasteiger charge is -2.63. The molecule has 0 amide bonds. The summed E-state index contributed by atoms with van der Waals surface area (Å²) in [7, 11) is -4.97. The summed E-state index contributed by atoms with van der Waals surface area (Å²) in [5, 5.41) is 22.4. The molecular weight excluding hydrogens is 449 g/mol. The summed E-state index contributed by atoms with van der Waals surface area (Å²) in [4.78, 5) is 42.4. The Labute approximate surface area is 183 Å². The van der Waals surface area contributed by atoms with E-state index in [2.05, 4.69) is 4.52 Å². The molecule has 0 aromatic rings. The third kappa shape index (κ3) is 3.00. The molecule has 3 fully saturated rings. The van der Waals surface area contributed by atoms with E-state index in [0.29, 0.717) is 0 Å². The summed E-state index contributed by atoms with van der Waals surface area (Å²) in [6.45, 7) is 1.92. The van der Waals surface area contributed by atoms with Crippen molar-refractivity contribution >= 4 is 19.4 Å². The molecule has 32 heavy (non-hydrogen) atoms. The fraction of sp³-hybridized carbons (Fsp3) is 0.714. The Bertz CT molecular complexity index is 977. The number of Topliss-reactive ketones (excluding diaryl/α,β-unsaturated/α-hetero) is 1. The molecule has 8 nitrogen and oxygen atoms in total. The summed E-state index contributed by atoms with van der Waals surface area (Å²) < 4.78 is 47.4. The standard InChI is InChI=1S/C21H27F2O8P/c1-18-5-3-11(24)7-14(18)15(22)8-13-12-4-6-20(27,17(26)10-31-32(28,29)30)19(12,2)9-16(25)21(13,18)23/h3,5,7,12-13,15-16,25,27H,4,6,8-10H2,1-2H3,(H2,28,29,30)/t12-,13-,15-,16-,18-,19-,20-,21-/m0/s1. The number of allylic oxidation sites excluding steroid dienone is 4. The highest BCUT2D eigenvalue weighted by atomic mass is 31.2. The maximum Gasteiger partial charge on any atom is 0.470 e. The maximum atomic E-state index is 16.9. The van der Waals surface area contributed by atoms with Gasteiger partial charge in [0.25, 0.3) is 0 Å². The van der Waals surface area contributed by atoms with Gasteiger partial charge >= 0.3 is 7.82 Å². The van der Waals surface area contributed by atoms with Gasteiger partial charge in [-0.15, -0.1) is 0 Å². The van der Waals surface area contributed by atoms with Crippen molar-refractivity contribution < 1.29 is 47.5 Å². The average Bonchev–Trinajstić information content (AvgIpc) is 2.95. The number of rotatable bonds is 4. The van der Waals surface area contributed by atoms with Crippen LogP contribution in [-0.2, 0) is 18.7 Å². The van der Waals surface area contributed by atoms with Gasteiger partial charge in [0.15, 0.2) is 17.2 Å². The van der Waals surface area contributed by atoms with E-state index in [-0.39, 0.29) is 31.3 Å². The summed E-state index contributed by atoms with van der Waals surface area (Å²) in [6.07, 6.45) is -0.416. The number of aliphatic hydroxyl groups is 2. The molecule has 8 atom stereocenters. The van der Waals surface area contributed by atoms with Crippen molar-refractivity contribution in [3.8, 4) is 0 Å². The first-order chi connectivity index (χ1) is 14.6. The van der Waals surface area contributed by atoms with Crippen LogP contribution in [-0.4, -0.2) is 61.7 Å². The van der Waals surface area contributed by atoms with Gasteiger partial charge in [-0.1, -0.05) is 13.0 Å². The fourth-order valence-corrected chi connectivity index (χ4v) is 7.21. The smallest absolute Gasteiger partial charge is 0.390 e. The van der Waals surface area contributed by atoms with Gasteiger partial charge < -0.3 is 20.0 Å². The van der Waals surface area contributed by atoms with Crippen LogP contribution in [0.15, 0.2) is 23.8 Å². The second-order valence-corrected chi connectivity index (χ2v) is 11.2. The van der Waals surface area contributed by atoms with Crippen LogP contribution < -0.4 is 0 Å². The highest BCUT2D eigenvalue weighted by Crippen LogP contribution is 2.70. The van der Waals surface area contributed by atoms with E-state index in [1.54, 1.807) is 0 Å². The molecule has 0 unspecified atom stereocenters. The van der Waals surface area contributed by atoms with Gasteiger partial charge in [0.1, 0.15) is 18.4 Å². The molecule has 0 aromatic carbocycles. The van der Waals surface area contributed by atoms with E-state index in [9.17, 15) is 24.4 Å². The zero-order valence-corrected chi connectivity index (χ0v) is 18.6. The molecule has 4 rings (SSSR count). The van der Waals surface area contributed by atoms with Crippen LogP contribution in [0.4, 0.5) is 8.78 Å². The minimum atomic E-state index is -4.97. The van der Waals surface area contributed by atoms with Crippen molar-refractivity contribution in [1.29, 1.82) is 0 Å². The summed E-state index contributed by atoms with van der Waals surface area (Å²) >= 11 is 0. The molecule has 11 heteroatoms. The number of alkyl halides is 2. The lowest BCUT2D eigenvalue weighted by atomic mass is 9.44. The Kier molecular flexibility index (Phi) is 5.30. The van der Waals surface area contributed by atoms with Crippen molar-refractivity contribution in [2.45, 2.75) is 63.1 Å². The van der Waals surface area contributed by atoms with Crippen LogP contribution in [0.25, 0.3) is 0 Å². The second kappa shape index (κ2) is 7.10. The number of aliphatic hydroxyl groups excluding tert-OH is 1. The van der Waals surface area contributed by atoms with Crippen molar-refractivity contribution in [1.82, 2.24) is 0 Å². The van der Waals surface area contributed by atoms with Gasteiger partial charge in [-0.3, -0.25) is 14.1 Å². The molecule has 4 N–H and O–H groups in total. The monoisotopic (exact) mass is 476 g/mol. The number of ketones is 2. The van der Waals surface area contributed by atoms with Crippen molar-refractivity contribution in [2.24, 2.45) is 22.7 Å². The maximum absolute atomic E-state index is 16.9. The predicted molar refractivity (Wildman–Crippen MR) is 107 cm³/mol. The van der Waals surface area contributed by atoms with Gasteiger partial charge in [-0.05, 0) is 56.3 Å². The third-order valence-corrected chi connectivity index (χ3v) is 9.07. The van der Waals surface area contributed by atoms with Crippen molar-refractivity contribution in [3.63, 3.8) is 0 Å². The van der Waals surface area contributed by atoms with Crippen LogP contribution >= 0.6 is 7.82 Å². The quantitative estimate of drug-likeness (QED) is 0.450. The van der Waals surface area contributed by atoms with E-state index in [0.717, 1.165) is 12.2 Å². The van der Waals surface area contributed by atoms with Crippen LogP contribution in [0.2, 0.25) is 0 Å². The minimum absolute atomic E-state index is 0.0224. The molecular formula is C21H27F2O8P. The van der Waals surface area contributed by atoms with Gasteiger partial charge in [0.2, 0.25) is 0 Å². The number of carbonyl (C=O) groups excluding carboxylic acids is 2. The first-order valence-electron chi connectivity index (χ1n) is 10.5. The first kappa shape index (κ1) is 23.9. The number of hydrogen-bond donors (Lipinski definition) is 4. The summed E-state index contributed by atoms with van der Waals surface area (Å²) in [6, 6.07) is 0. The zero-order chi connectivity index (χ0) is 23.9. The molecule has 4 aliphatic rings. The molecule has 0 bridgehead atoms. The van der Waals surface area contributed by atoms with Crippen LogP contribution in [0.5, 0.6) is 0 Å². The zero-order valence-electron chi connectivity index (χ0n) is 17.7. The molecule has 178 valence electrons. The number of carbonyl (C=O) groups is 2. The lowest BCUT2D eigenvalue weighted by Crippen LogP contribution is -2.70. The molecule has 3 saturated carbocycles. The Hall–Kier alpha value is -1.29. The summed E-state index contributed by atoms with van der Waals surface area (Å²) in [5.74, 6) is -3.19. The average molecular weight is 476 g/mol. The van der Waals surface area contributed by atoms with E-state index < -0.39 is 72.2 Å². The highest BCUT2D eigenvalue weighted by molar-refractivity contribution is 7.46. The highest BCUT2D eigenvalue weighted by Gasteiger charge is 2.75. The number of phosphoric ester groups is 1. The topological polar surface area (TPSA) is 141 Å². The Morgan fingerprint density at radius 1 is 1.31 bits per heavy atom. The second-order valence-electron chi connectivity index (χ2n) is 9.95. The first-order valence-corrected chi connectivity index (χ1v) is 12.1. The predicted octanol–water partition coefficient (Wildman–Crippen LogP) is 1.71. The SMILES string of the molecule is C[C@]12C=CC(=O)C=C1[C@@H](F)C[C@H]1[C@@H]3CC[C@](O)(C(=O)COP(=O)(O)O)[C@@]3(C)C[C@H](O)[C@@]12F. The molecule has 4 aliphatic carbocycles. The molecule has 0 radical (unpaired) electrons. The largest absolute Gasteiger partial charge is 0.470 e. The van der Waals surface area contributed by atoms with Gasteiger partial charge in [0.05, 0.1) is 6.10 Å². The van der Waals surface area contributed by atoms with E-state index in [1.165, 1.54) is 19.9 Å². The third-order valence-electron chi connectivity index (χ3n) is 8.61. The van der Waals surface area contributed by atoms with E-state index >= 15 is 8.78 Å². The number of halogens is 2. The number of phosphoric acid groups is 1. The fourth-order valence-electron chi connectivity index (χ4n) is 6.93. The Morgan fingerprint density at radius 2 is 1.97 bits per heavy atom. The van der Waals surface area contributed by atoms with Crippen LogP contribution in [0, 0.1) is 22.7 Å².